The number of halogens is 1. The van der Waals surface area contributed by atoms with Gasteiger partial charge >= 0.3 is 0 Å². The number of carbonyl (C=O) groups excluding carboxylic acids is 2. The van der Waals surface area contributed by atoms with Gasteiger partial charge in [0.15, 0.2) is 0 Å². The molecule has 2 amide bonds. The lowest BCUT2D eigenvalue weighted by Crippen LogP contribution is -2.53. The molecule has 2 N–H and O–H groups in total. The third-order valence-corrected chi connectivity index (χ3v) is 4.77. The molecule has 3 rings (SSSR count). The van der Waals surface area contributed by atoms with E-state index in [9.17, 15) is 9.59 Å². The van der Waals surface area contributed by atoms with Crippen LogP contribution in [0.25, 0.3) is 0 Å². The average molecular weight is 388 g/mol. The first kappa shape index (κ1) is 19.2. The first-order chi connectivity index (χ1) is 13.0. The number of ether oxygens (including phenoxy) is 1. The van der Waals surface area contributed by atoms with Crippen molar-refractivity contribution in [1.82, 2.24) is 10.6 Å². The van der Waals surface area contributed by atoms with E-state index in [1.54, 1.807) is 31.0 Å². The molecule has 2 unspecified atom stereocenters. The Morgan fingerprint density at radius 3 is 2.67 bits per heavy atom. The standard InChI is InChI=1S/C20H22ClN3O3/c1-13(22-2)19(25)23-16-12-27-18-6-4-3-5-17(18)24(20(16)26)11-14-7-9-15(21)10-8-14/h3-10,13,16,22H,11-12H2,1-2H3,(H,23,25). The van der Waals surface area contributed by atoms with Crippen LogP contribution in [0.5, 0.6) is 5.75 Å². The van der Waals surface area contributed by atoms with Crippen LogP contribution in [0.15, 0.2) is 48.5 Å². The molecule has 1 heterocycles. The van der Waals surface area contributed by atoms with Gasteiger partial charge in [0.25, 0.3) is 5.91 Å². The lowest BCUT2D eigenvalue weighted by Gasteiger charge is -2.25. The van der Waals surface area contributed by atoms with Crippen LogP contribution in [0.3, 0.4) is 0 Å². The minimum atomic E-state index is -0.770. The summed E-state index contributed by atoms with van der Waals surface area (Å²) in [7, 11) is 1.69. The first-order valence-corrected chi connectivity index (χ1v) is 9.12. The van der Waals surface area contributed by atoms with Crippen molar-refractivity contribution in [3.63, 3.8) is 0 Å². The van der Waals surface area contributed by atoms with Gasteiger partial charge in [-0.25, -0.2) is 0 Å². The van der Waals surface area contributed by atoms with Gasteiger partial charge in [-0.15, -0.1) is 0 Å². The van der Waals surface area contributed by atoms with Crippen LogP contribution in [0, 0.1) is 0 Å². The second-order valence-electron chi connectivity index (χ2n) is 6.40. The molecule has 0 fully saturated rings. The molecule has 0 aliphatic carbocycles. The van der Waals surface area contributed by atoms with Crippen molar-refractivity contribution in [3.05, 3.63) is 59.1 Å². The van der Waals surface area contributed by atoms with Crippen LogP contribution in [0.2, 0.25) is 5.02 Å². The van der Waals surface area contributed by atoms with Crippen molar-refractivity contribution in [2.24, 2.45) is 0 Å². The molecule has 1 aliphatic rings. The summed E-state index contributed by atoms with van der Waals surface area (Å²) in [6, 6.07) is 13.5. The Hall–Kier alpha value is -2.57. The number of para-hydroxylation sites is 2. The molecule has 27 heavy (non-hydrogen) atoms. The Morgan fingerprint density at radius 1 is 1.26 bits per heavy atom. The number of amides is 2. The molecule has 0 bridgehead atoms. The maximum Gasteiger partial charge on any atom is 0.253 e. The van der Waals surface area contributed by atoms with Crippen molar-refractivity contribution in [2.45, 2.75) is 25.6 Å². The van der Waals surface area contributed by atoms with Gasteiger partial charge in [0, 0.05) is 5.02 Å². The number of hydrogen-bond donors (Lipinski definition) is 2. The second-order valence-corrected chi connectivity index (χ2v) is 6.84. The molecule has 2 aromatic carbocycles. The third kappa shape index (κ3) is 4.40. The fourth-order valence-corrected chi connectivity index (χ4v) is 2.95. The van der Waals surface area contributed by atoms with Crippen LogP contribution in [-0.4, -0.2) is 37.6 Å². The van der Waals surface area contributed by atoms with Crippen molar-refractivity contribution >= 4 is 29.1 Å². The first-order valence-electron chi connectivity index (χ1n) is 8.75. The molecule has 7 heteroatoms. The number of nitrogens with zero attached hydrogens (tertiary/aromatic N) is 1. The van der Waals surface area contributed by atoms with Crippen LogP contribution in [0.4, 0.5) is 5.69 Å². The molecule has 0 saturated carbocycles. The molecule has 2 aromatic rings. The van der Waals surface area contributed by atoms with E-state index in [4.69, 9.17) is 16.3 Å². The summed E-state index contributed by atoms with van der Waals surface area (Å²) >= 11 is 5.96. The fraction of sp³-hybridized carbons (Fsp3) is 0.300. The molecule has 0 spiro atoms. The van der Waals surface area contributed by atoms with Crippen LogP contribution in [-0.2, 0) is 16.1 Å². The monoisotopic (exact) mass is 387 g/mol. The Kier molecular flexibility index (Phi) is 5.98. The predicted octanol–water partition coefficient (Wildman–Crippen LogP) is 2.36. The highest BCUT2D eigenvalue weighted by Crippen LogP contribution is 2.32. The fourth-order valence-electron chi connectivity index (χ4n) is 2.82. The molecule has 0 radical (unpaired) electrons. The van der Waals surface area contributed by atoms with Gasteiger partial charge in [-0.05, 0) is 43.8 Å². The zero-order valence-electron chi connectivity index (χ0n) is 15.2. The number of carbonyl (C=O) groups is 2. The summed E-state index contributed by atoms with van der Waals surface area (Å²) in [6.45, 7) is 2.16. The lowest BCUT2D eigenvalue weighted by molar-refractivity contribution is -0.129. The molecular formula is C20H22ClN3O3. The smallest absolute Gasteiger partial charge is 0.253 e. The summed E-state index contributed by atoms with van der Waals surface area (Å²) in [5.74, 6) is 0.140. The van der Waals surface area contributed by atoms with Gasteiger partial charge in [-0.3, -0.25) is 9.59 Å². The number of hydrogen-bond acceptors (Lipinski definition) is 4. The normalized spacial score (nSPS) is 17.5. The summed E-state index contributed by atoms with van der Waals surface area (Å²) in [5.41, 5.74) is 1.61. The third-order valence-electron chi connectivity index (χ3n) is 4.52. The van der Waals surface area contributed by atoms with Gasteiger partial charge in [-0.1, -0.05) is 35.9 Å². The van der Waals surface area contributed by atoms with E-state index in [-0.39, 0.29) is 18.4 Å². The Morgan fingerprint density at radius 2 is 1.96 bits per heavy atom. The minimum absolute atomic E-state index is 0.0785. The van der Waals surface area contributed by atoms with E-state index in [0.717, 1.165) is 5.56 Å². The van der Waals surface area contributed by atoms with Gasteiger partial charge < -0.3 is 20.3 Å². The van der Waals surface area contributed by atoms with Crippen LogP contribution < -0.4 is 20.3 Å². The maximum atomic E-state index is 13.2. The van der Waals surface area contributed by atoms with Gasteiger partial charge in [0.05, 0.1) is 18.3 Å². The maximum absolute atomic E-state index is 13.2. The summed E-state index contributed by atoms with van der Waals surface area (Å²) in [6.07, 6.45) is 0. The molecule has 0 saturated heterocycles. The number of rotatable bonds is 5. The molecular weight excluding hydrogens is 366 g/mol. The summed E-state index contributed by atoms with van der Waals surface area (Å²) in [5, 5.41) is 6.28. The Balaban J connectivity index is 1.89. The molecule has 142 valence electrons. The highest BCUT2D eigenvalue weighted by atomic mass is 35.5. The van der Waals surface area contributed by atoms with Crippen LogP contribution >= 0.6 is 11.6 Å². The van der Waals surface area contributed by atoms with Gasteiger partial charge in [0.1, 0.15) is 18.4 Å². The molecule has 1 aliphatic heterocycles. The topological polar surface area (TPSA) is 70.7 Å². The average Bonchev–Trinajstić information content (AvgIpc) is 2.81. The van der Waals surface area contributed by atoms with Gasteiger partial charge in [-0.2, -0.15) is 0 Å². The van der Waals surface area contributed by atoms with Crippen molar-refractivity contribution in [2.75, 3.05) is 18.6 Å². The molecule has 2 atom stereocenters. The number of anilines is 1. The van der Waals surface area contributed by atoms with Gasteiger partial charge in [0.2, 0.25) is 5.91 Å². The van der Waals surface area contributed by atoms with E-state index >= 15 is 0 Å². The Labute approximate surface area is 163 Å². The largest absolute Gasteiger partial charge is 0.489 e. The van der Waals surface area contributed by atoms with Crippen molar-refractivity contribution < 1.29 is 14.3 Å². The second kappa shape index (κ2) is 8.41. The SMILES string of the molecule is CNC(C)C(=O)NC1COc2ccccc2N(Cc2ccc(Cl)cc2)C1=O. The molecule has 6 nitrogen and oxygen atoms in total. The van der Waals surface area contributed by atoms with E-state index < -0.39 is 12.1 Å². The summed E-state index contributed by atoms with van der Waals surface area (Å²) in [4.78, 5) is 27.1. The Bertz CT molecular complexity index is 825. The van der Waals surface area contributed by atoms with Crippen molar-refractivity contribution in [1.29, 1.82) is 0 Å². The quantitative estimate of drug-likeness (QED) is 0.826. The van der Waals surface area contributed by atoms with E-state index in [2.05, 4.69) is 10.6 Å². The van der Waals surface area contributed by atoms with E-state index in [1.165, 1.54) is 0 Å². The highest BCUT2D eigenvalue weighted by molar-refractivity contribution is 6.30. The zero-order valence-corrected chi connectivity index (χ0v) is 16.0. The number of nitrogens with one attached hydrogen (secondary N) is 2. The lowest BCUT2D eigenvalue weighted by atomic mass is 10.1. The van der Waals surface area contributed by atoms with E-state index in [1.807, 2.05) is 36.4 Å². The number of fused-ring (bicyclic) bond motifs is 1. The van der Waals surface area contributed by atoms with Crippen molar-refractivity contribution in [3.8, 4) is 5.75 Å². The number of benzene rings is 2. The van der Waals surface area contributed by atoms with E-state index in [0.29, 0.717) is 23.0 Å². The highest BCUT2D eigenvalue weighted by Gasteiger charge is 2.33. The summed E-state index contributed by atoms with van der Waals surface area (Å²) < 4.78 is 5.81. The molecule has 0 aromatic heterocycles. The zero-order chi connectivity index (χ0) is 19.4. The number of likely N-dealkylation sites (N-methyl/N-ethyl adjacent to an activating group) is 1. The predicted molar refractivity (Wildman–Crippen MR) is 105 cm³/mol. The minimum Gasteiger partial charge on any atom is -0.489 e. The van der Waals surface area contributed by atoms with Crippen LogP contribution in [0.1, 0.15) is 12.5 Å².